The zero-order chi connectivity index (χ0) is 16.2. The van der Waals surface area contributed by atoms with Gasteiger partial charge in [0.1, 0.15) is 6.10 Å². The third-order valence-electron chi connectivity index (χ3n) is 2.67. The molecule has 1 heterocycles. The molecule has 0 bridgehead atoms. The lowest BCUT2D eigenvalue weighted by atomic mass is 9.99. The van der Waals surface area contributed by atoms with Crippen LogP contribution in [0.15, 0.2) is 0 Å². The maximum Gasteiger partial charge on any atom is 0.303 e. The summed E-state index contributed by atoms with van der Waals surface area (Å²) >= 11 is 3.16. The lowest BCUT2D eigenvalue weighted by Crippen LogP contribution is -2.61. The fourth-order valence-electron chi connectivity index (χ4n) is 2.00. The largest absolute Gasteiger partial charge is 0.456 e. The highest BCUT2D eigenvalue weighted by Crippen LogP contribution is 2.28. The van der Waals surface area contributed by atoms with Crippen molar-refractivity contribution < 1.29 is 38.4 Å². The molecule has 0 radical (unpaired) electrons. The Kier molecular flexibility index (Phi) is 6.56. The number of rotatable bonds is 4. The van der Waals surface area contributed by atoms with E-state index in [0.29, 0.717) is 0 Å². The van der Waals surface area contributed by atoms with Crippen LogP contribution in [0, 0.1) is 0 Å². The fourth-order valence-corrected chi connectivity index (χ4v) is 2.52. The van der Waals surface area contributed by atoms with Gasteiger partial charge in [-0.1, -0.05) is 15.9 Å². The monoisotopic (exact) mass is 368 g/mol. The van der Waals surface area contributed by atoms with Crippen LogP contribution in [0.5, 0.6) is 0 Å². The molecule has 1 unspecified atom stereocenters. The highest BCUT2D eigenvalue weighted by Gasteiger charge is 2.50. The first-order valence-electron chi connectivity index (χ1n) is 6.17. The standard InChI is InChI=1S/C12H17BrO8/c1-5(14)18-9-8(4-13)21-12(17)11(20-7(3)16)10(9)19-6(2)15/h8-12,17H,4H2,1-3H3/t8-,9+,10+,11+,12?/m0/s1. The van der Waals surface area contributed by atoms with E-state index in [2.05, 4.69) is 15.9 Å². The van der Waals surface area contributed by atoms with Gasteiger partial charge in [-0.05, 0) is 0 Å². The second-order valence-electron chi connectivity index (χ2n) is 4.44. The number of aliphatic hydroxyl groups excluding tert-OH is 1. The summed E-state index contributed by atoms with van der Waals surface area (Å²) in [6.07, 6.45) is -5.74. The van der Waals surface area contributed by atoms with E-state index in [-0.39, 0.29) is 5.33 Å². The molecule has 0 aromatic carbocycles. The average Bonchev–Trinajstić information content (AvgIpc) is 2.35. The van der Waals surface area contributed by atoms with Crippen molar-refractivity contribution in [1.29, 1.82) is 0 Å². The van der Waals surface area contributed by atoms with Crippen LogP contribution in [0.1, 0.15) is 20.8 Å². The third-order valence-corrected chi connectivity index (χ3v) is 3.31. The molecule has 1 saturated heterocycles. The van der Waals surface area contributed by atoms with Gasteiger partial charge < -0.3 is 24.1 Å². The molecule has 120 valence electrons. The van der Waals surface area contributed by atoms with E-state index in [1.54, 1.807) is 0 Å². The van der Waals surface area contributed by atoms with Crippen molar-refractivity contribution >= 4 is 33.8 Å². The Bertz CT molecular complexity index is 412. The van der Waals surface area contributed by atoms with E-state index in [4.69, 9.17) is 18.9 Å². The molecule has 1 N–H and O–H groups in total. The maximum absolute atomic E-state index is 11.2. The highest BCUT2D eigenvalue weighted by molar-refractivity contribution is 9.09. The second kappa shape index (κ2) is 7.71. The molecule has 0 saturated carbocycles. The number of halogens is 1. The Morgan fingerprint density at radius 3 is 1.81 bits per heavy atom. The number of carbonyl (C=O) groups is 3. The average molecular weight is 369 g/mol. The van der Waals surface area contributed by atoms with Gasteiger partial charge in [-0.3, -0.25) is 14.4 Å². The molecule has 0 amide bonds. The predicted octanol–water partition coefficient (Wildman–Crippen LogP) is -0.106. The van der Waals surface area contributed by atoms with Crippen molar-refractivity contribution in [3.8, 4) is 0 Å². The highest BCUT2D eigenvalue weighted by atomic mass is 79.9. The molecular weight excluding hydrogens is 352 g/mol. The normalized spacial score (nSPS) is 32.1. The Morgan fingerprint density at radius 2 is 1.38 bits per heavy atom. The number of esters is 3. The van der Waals surface area contributed by atoms with Crippen molar-refractivity contribution in [3.05, 3.63) is 0 Å². The van der Waals surface area contributed by atoms with Crippen LogP contribution in [-0.4, -0.2) is 59.1 Å². The minimum Gasteiger partial charge on any atom is -0.456 e. The van der Waals surface area contributed by atoms with Crippen LogP contribution >= 0.6 is 15.9 Å². The lowest BCUT2D eigenvalue weighted by molar-refractivity contribution is -0.287. The van der Waals surface area contributed by atoms with E-state index >= 15 is 0 Å². The minimum atomic E-state index is -1.51. The summed E-state index contributed by atoms with van der Waals surface area (Å²) in [4.78, 5) is 33.6. The number of alkyl halides is 1. The van der Waals surface area contributed by atoms with Crippen LogP contribution in [0.25, 0.3) is 0 Å². The Hall–Kier alpha value is -1.19. The van der Waals surface area contributed by atoms with Crippen molar-refractivity contribution in [2.75, 3.05) is 5.33 Å². The molecule has 0 aromatic heterocycles. The zero-order valence-corrected chi connectivity index (χ0v) is 13.4. The van der Waals surface area contributed by atoms with Gasteiger partial charge in [0.25, 0.3) is 0 Å². The molecule has 8 nitrogen and oxygen atoms in total. The smallest absolute Gasteiger partial charge is 0.303 e. The van der Waals surface area contributed by atoms with E-state index in [0.717, 1.165) is 13.8 Å². The number of aliphatic hydroxyl groups is 1. The van der Waals surface area contributed by atoms with E-state index < -0.39 is 48.6 Å². The Balaban J connectivity index is 3.08. The Morgan fingerprint density at radius 1 is 0.952 bits per heavy atom. The third kappa shape index (κ3) is 4.94. The molecular formula is C12H17BrO8. The van der Waals surface area contributed by atoms with E-state index in [1.807, 2.05) is 0 Å². The first-order valence-corrected chi connectivity index (χ1v) is 7.29. The van der Waals surface area contributed by atoms with Gasteiger partial charge in [0, 0.05) is 26.1 Å². The molecule has 1 aliphatic rings. The molecule has 9 heteroatoms. The molecule has 0 spiro atoms. The Labute approximate surface area is 129 Å². The quantitative estimate of drug-likeness (QED) is 0.416. The van der Waals surface area contributed by atoms with Gasteiger partial charge >= 0.3 is 17.9 Å². The number of hydrogen-bond donors (Lipinski definition) is 1. The van der Waals surface area contributed by atoms with Crippen LogP contribution in [0.4, 0.5) is 0 Å². The van der Waals surface area contributed by atoms with Gasteiger partial charge in [0.2, 0.25) is 0 Å². The van der Waals surface area contributed by atoms with Crippen molar-refractivity contribution in [3.63, 3.8) is 0 Å². The maximum atomic E-state index is 11.2. The molecule has 5 atom stereocenters. The SMILES string of the molecule is CC(=O)O[C@@H]1[C@H](OC(C)=O)[C@H](CBr)OC(O)[C@@H]1OC(C)=O. The van der Waals surface area contributed by atoms with Crippen LogP contribution in [0.3, 0.4) is 0 Å². The number of carbonyl (C=O) groups excluding carboxylic acids is 3. The number of hydrogen-bond acceptors (Lipinski definition) is 8. The van der Waals surface area contributed by atoms with Gasteiger partial charge in [-0.25, -0.2) is 0 Å². The molecule has 1 aliphatic heterocycles. The first kappa shape index (κ1) is 17.9. The molecule has 0 aliphatic carbocycles. The predicted molar refractivity (Wildman–Crippen MR) is 71.3 cm³/mol. The van der Waals surface area contributed by atoms with E-state index in [9.17, 15) is 19.5 Å². The molecule has 1 fully saturated rings. The minimum absolute atomic E-state index is 0.215. The van der Waals surface area contributed by atoms with E-state index in [1.165, 1.54) is 6.92 Å². The zero-order valence-electron chi connectivity index (χ0n) is 11.8. The second-order valence-corrected chi connectivity index (χ2v) is 5.09. The summed E-state index contributed by atoms with van der Waals surface area (Å²) in [6, 6.07) is 0. The van der Waals surface area contributed by atoms with Crippen molar-refractivity contribution in [1.82, 2.24) is 0 Å². The van der Waals surface area contributed by atoms with Gasteiger partial charge in [-0.2, -0.15) is 0 Å². The van der Waals surface area contributed by atoms with Gasteiger partial charge in [-0.15, -0.1) is 0 Å². The topological polar surface area (TPSA) is 108 Å². The molecule has 21 heavy (non-hydrogen) atoms. The van der Waals surface area contributed by atoms with Crippen LogP contribution < -0.4 is 0 Å². The molecule has 1 rings (SSSR count). The fraction of sp³-hybridized carbons (Fsp3) is 0.750. The van der Waals surface area contributed by atoms with Crippen molar-refractivity contribution in [2.24, 2.45) is 0 Å². The lowest BCUT2D eigenvalue weighted by Gasteiger charge is -2.42. The van der Waals surface area contributed by atoms with Crippen LogP contribution in [-0.2, 0) is 33.3 Å². The van der Waals surface area contributed by atoms with Gasteiger partial charge in [0.05, 0.1) is 0 Å². The number of ether oxygens (including phenoxy) is 4. The summed E-state index contributed by atoms with van der Waals surface area (Å²) in [5, 5.41) is 10.1. The summed E-state index contributed by atoms with van der Waals surface area (Å²) < 4.78 is 20.3. The van der Waals surface area contributed by atoms with Crippen LogP contribution in [0.2, 0.25) is 0 Å². The summed E-state index contributed by atoms with van der Waals surface area (Å²) in [5.74, 6) is -1.99. The first-order chi connectivity index (χ1) is 9.76. The summed E-state index contributed by atoms with van der Waals surface area (Å²) in [7, 11) is 0. The summed E-state index contributed by atoms with van der Waals surface area (Å²) in [5.41, 5.74) is 0. The summed E-state index contributed by atoms with van der Waals surface area (Å²) in [6.45, 7) is 3.47. The molecule has 0 aromatic rings. The van der Waals surface area contributed by atoms with Gasteiger partial charge in [0.15, 0.2) is 24.6 Å². The van der Waals surface area contributed by atoms with Crippen molar-refractivity contribution in [2.45, 2.75) is 51.5 Å².